The zero-order valence-corrected chi connectivity index (χ0v) is 15.1. The highest BCUT2D eigenvalue weighted by atomic mass is 19.3. The summed E-state index contributed by atoms with van der Waals surface area (Å²) in [5.41, 5.74) is 1.65. The Morgan fingerprint density at radius 3 is 2.57 bits per heavy atom. The molecule has 2 aromatic carbocycles. The minimum absolute atomic E-state index is 0.0743. The Hall–Kier alpha value is -2.58. The van der Waals surface area contributed by atoms with E-state index in [0.29, 0.717) is 26.2 Å². The van der Waals surface area contributed by atoms with Crippen LogP contribution in [0.15, 0.2) is 48.5 Å². The van der Waals surface area contributed by atoms with E-state index < -0.39 is 6.61 Å². The molecule has 1 aliphatic heterocycles. The molecule has 1 fully saturated rings. The van der Waals surface area contributed by atoms with E-state index in [2.05, 4.69) is 10.1 Å². The van der Waals surface area contributed by atoms with E-state index in [-0.39, 0.29) is 30.1 Å². The number of nitrogens with zero attached hydrogens (tertiary/aromatic N) is 1. The number of benzene rings is 2. The number of alkyl halides is 2. The minimum atomic E-state index is -2.86. The molecule has 0 aliphatic carbocycles. The lowest BCUT2D eigenvalue weighted by atomic mass is 10.1. The van der Waals surface area contributed by atoms with E-state index in [9.17, 15) is 18.0 Å². The third kappa shape index (κ3) is 5.97. The number of carbonyl (C=O) groups is 1. The molecule has 1 heterocycles. The molecule has 1 amide bonds. The minimum Gasteiger partial charge on any atom is -0.435 e. The van der Waals surface area contributed by atoms with Gasteiger partial charge in [0.25, 0.3) is 0 Å². The van der Waals surface area contributed by atoms with Crippen molar-refractivity contribution in [1.29, 1.82) is 0 Å². The highest BCUT2D eigenvalue weighted by Crippen LogP contribution is 2.22. The number of hydrogen-bond acceptors (Lipinski definition) is 4. The van der Waals surface area contributed by atoms with Crippen molar-refractivity contribution in [3.05, 3.63) is 65.5 Å². The van der Waals surface area contributed by atoms with E-state index in [1.807, 2.05) is 4.90 Å². The fourth-order valence-electron chi connectivity index (χ4n) is 2.97. The number of morpholine rings is 1. The average Bonchev–Trinajstić information content (AvgIpc) is 2.68. The van der Waals surface area contributed by atoms with Crippen molar-refractivity contribution in [2.45, 2.75) is 19.3 Å². The topological polar surface area (TPSA) is 50.8 Å². The molecule has 8 heteroatoms. The monoisotopic (exact) mass is 394 g/mol. The van der Waals surface area contributed by atoms with Crippen molar-refractivity contribution in [3.63, 3.8) is 0 Å². The molecule has 0 radical (unpaired) electrons. The predicted octanol–water partition coefficient (Wildman–Crippen LogP) is 3.12. The van der Waals surface area contributed by atoms with E-state index in [0.717, 1.165) is 11.1 Å². The molecule has 1 saturated heterocycles. The molecule has 1 atom stereocenters. The summed E-state index contributed by atoms with van der Waals surface area (Å²) >= 11 is 0. The zero-order valence-electron chi connectivity index (χ0n) is 15.1. The van der Waals surface area contributed by atoms with Gasteiger partial charge in [0.05, 0.1) is 19.3 Å². The van der Waals surface area contributed by atoms with E-state index >= 15 is 0 Å². The molecule has 150 valence electrons. The van der Waals surface area contributed by atoms with Crippen LogP contribution in [0.25, 0.3) is 0 Å². The van der Waals surface area contributed by atoms with Gasteiger partial charge in [-0.15, -0.1) is 0 Å². The average molecular weight is 394 g/mol. The van der Waals surface area contributed by atoms with Crippen molar-refractivity contribution in [2.75, 3.05) is 26.2 Å². The number of rotatable bonds is 7. The Labute approximate surface area is 161 Å². The zero-order chi connectivity index (χ0) is 19.9. The summed E-state index contributed by atoms with van der Waals surface area (Å²) in [6.45, 7) is -0.699. The highest BCUT2D eigenvalue weighted by molar-refractivity contribution is 5.78. The number of halogens is 3. The van der Waals surface area contributed by atoms with Crippen LogP contribution < -0.4 is 10.1 Å². The van der Waals surface area contributed by atoms with Gasteiger partial charge in [-0.1, -0.05) is 24.3 Å². The van der Waals surface area contributed by atoms with E-state index in [1.54, 1.807) is 24.3 Å². The number of hydrogen-bond donors (Lipinski definition) is 1. The first-order valence-corrected chi connectivity index (χ1v) is 8.89. The van der Waals surface area contributed by atoms with Gasteiger partial charge in [0, 0.05) is 19.6 Å². The lowest BCUT2D eigenvalue weighted by Crippen LogP contribution is -2.44. The van der Waals surface area contributed by atoms with Gasteiger partial charge in [0.2, 0.25) is 5.91 Å². The second-order valence-corrected chi connectivity index (χ2v) is 6.45. The van der Waals surface area contributed by atoms with Crippen LogP contribution >= 0.6 is 0 Å². The van der Waals surface area contributed by atoms with Gasteiger partial charge in [0.1, 0.15) is 11.6 Å². The largest absolute Gasteiger partial charge is 0.435 e. The first-order valence-electron chi connectivity index (χ1n) is 8.89. The molecule has 28 heavy (non-hydrogen) atoms. The van der Waals surface area contributed by atoms with Gasteiger partial charge in [-0.2, -0.15) is 8.78 Å². The Balaban J connectivity index is 1.45. The van der Waals surface area contributed by atoms with Crippen molar-refractivity contribution < 1.29 is 27.4 Å². The molecule has 1 aliphatic rings. The normalized spacial score (nSPS) is 17.5. The SMILES string of the molecule is O=C(CN1CCOC(c2ccc(F)cc2)C1)NCc1ccc(OC(F)F)cc1. The quantitative estimate of drug-likeness (QED) is 0.784. The van der Waals surface area contributed by atoms with Gasteiger partial charge >= 0.3 is 6.61 Å². The van der Waals surface area contributed by atoms with Crippen molar-refractivity contribution in [2.24, 2.45) is 0 Å². The van der Waals surface area contributed by atoms with Crippen LogP contribution in [0, 0.1) is 5.82 Å². The standard InChI is InChI=1S/C20H21F3N2O3/c21-16-5-3-15(4-6-16)18-12-25(9-10-27-18)13-19(26)24-11-14-1-7-17(8-2-14)28-20(22)23/h1-8,18,20H,9-13H2,(H,24,26). The number of carbonyl (C=O) groups excluding carboxylic acids is 1. The van der Waals surface area contributed by atoms with E-state index in [4.69, 9.17) is 4.74 Å². The van der Waals surface area contributed by atoms with Gasteiger partial charge in [0.15, 0.2) is 0 Å². The smallest absolute Gasteiger partial charge is 0.387 e. The molecule has 0 spiro atoms. The summed E-state index contributed by atoms with van der Waals surface area (Å²) in [5.74, 6) is -0.373. The summed E-state index contributed by atoms with van der Waals surface area (Å²) in [5, 5.41) is 2.81. The lowest BCUT2D eigenvalue weighted by molar-refractivity contribution is -0.124. The first-order chi connectivity index (χ1) is 13.5. The Kier molecular flexibility index (Phi) is 6.89. The molecule has 0 saturated carbocycles. The summed E-state index contributed by atoms with van der Waals surface area (Å²) in [6, 6.07) is 12.3. The molecule has 1 unspecified atom stereocenters. The van der Waals surface area contributed by atoms with Crippen LogP contribution in [-0.2, 0) is 16.1 Å². The van der Waals surface area contributed by atoms with Gasteiger partial charge < -0.3 is 14.8 Å². The van der Waals surface area contributed by atoms with Crippen LogP contribution in [-0.4, -0.2) is 43.7 Å². The predicted molar refractivity (Wildman–Crippen MR) is 96.5 cm³/mol. The lowest BCUT2D eigenvalue weighted by Gasteiger charge is -2.32. The molecule has 3 rings (SSSR count). The van der Waals surface area contributed by atoms with Crippen molar-refractivity contribution in [1.82, 2.24) is 10.2 Å². The fraction of sp³-hybridized carbons (Fsp3) is 0.350. The molecular weight excluding hydrogens is 373 g/mol. The maximum absolute atomic E-state index is 13.1. The number of ether oxygens (including phenoxy) is 2. The Morgan fingerprint density at radius 2 is 1.89 bits per heavy atom. The van der Waals surface area contributed by atoms with Crippen LogP contribution in [0.3, 0.4) is 0 Å². The summed E-state index contributed by atoms with van der Waals surface area (Å²) in [6.07, 6.45) is -0.204. The van der Waals surface area contributed by atoms with Crippen LogP contribution in [0.2, 0.25) is 0 Å². The third-order valence-corrected chi connectivity index (χ3v) is 4.40. The van der Waals surface area contributed by atoms with Crippen molar-refractivity contribution >= 4 is 5.91 Å². The second kappa shape index (κ2) is 9.57. The summed E-state index contributed by atoms with van der Waals surface area (Å²) in [7, 11) is 0. The maximum atomic E-state index is 13.1. The first kappa shape index (κ1) is 20.2. The maximum Gasteiger partial charge on any atom is 0.387 e. The number of nitrogens with one attached hydrogen (secondary N) is 1. The van der Waals surface area contributed by atoms with Crippen LogP contribution in [0.1, 0.15) is 17.2 Å². The molecule has 0 bridgehead atoms. The van der Waals surface area contributed by atoms with E-state index in [1.165, 1.54) is 24.3 Å². The third-order valence-electron chi connectivity index (χ3n) is 4.40. The summed E-state index contributed by atoms with van der Waals surface area (Å²) in [4.78, 5) is 14.2. The van der Waals surface area contributed by atoms with Gasteiger partial charge in [-0.25, -0.2) is 4.39 Å². The number of amides is 1. The molecular formula is C20H21F3N2O3. The van der Waals surface area contributed by atoms with Gasteiger partial charge in [-0.3, -0.25) is 9.69 Å². The highest BCUT2D eigenvalue weighted by Gasteiger charge is 2.23. The summed E-state index contributed by atoms with van der Waals surface area (Å²) < 4.78 is 47.4. The van der Waals surface area contributed by atoms with Crippen LogP contribution in [0.5, 0.6) is 5.75 Å². The van der Waals surface area contributed by atoms with Crippen molar-refractivity contribution in [3.8, 4) is 5.75 Å². The molecule has 1 N–H and O–H groups in total. The fourth-order valence-corrected chi connectivity index (χ4v) is 2.97. The molecule has 5 nitrogen and oxygen atoms in total. The Bertz CT molecular complexity index is 769. The second-order valence-electron chi connectivity index (χ2n) is 6.45. The Morgan fingerprint density at radius 1 is 1.18 bits per heavy atom. The molecule has 2 aromatic rings. The molecule has 0 aromatic heterocycles. The van der Waals surface area contributed by atoms with Gasteiger partial charge in [-0.05, 0) is 35.4 Å². The van der Waals surface area contributed by atoms with Crippen LogP contribution in [0.4, 0.5) is 13.2 Å².